The van der Waals surface area contributed by atoms with Crippen molar-refractivity contribution in [2.75, 3.05) is 34.8 Å². The zero-order chi connectivity index (χ0) is 28.0. The Hall–Kier alpha value is -3.84. The van der Waals surface area contributed by atoms with Crippen molar-refractivity contribution < 1.29 is 31.1 Å². The average Bonchev–Trinajstić information content (AvgIpc) is 3.72. The summed E-state index contributed by atoms with van der Waals surface area (Å²) >= 11 is 0. The molecule has 0 bridgehead atoms. The van der Waals surface area contributed by atoms with Gasteiger partial charge in [0.25, 0.3) is 0 Å². The van der Waals surface area contributed by atoms with Gasteiger partial charge >= 0.3 is 18.4 Å². The van der Waals surface area contributed by atoms with Gasteiger partial charge in [0.1, 0.15) is 0 Å². The number of aromatic nitrogens is 1. The van der Waals surface area contributed by atoms with Crippen molar-refractivity contribution in [1.29, 1.82) is 0 Å². The number of amides is 2. The number of rotatable bonds is 4. The number of nitrogens with one attached hydrogen (secondary N) is 3. The zero-order valence-corrected chi connectivity index (χ0v) is 20.6. The second-order valence-electron chi connectivity index (χ2n) is 9.21. The van der Waals surface area contributed by atoms with E-state index in [1.54, 1.807) is 12.1 Å². The van der Waals surface area contributed by atoms with Gasteiger partial charge in [-0.15, -0.1) is 0 Å². The fourth-order valence-electron chi connectivity index (χ4n) is 4.61. The summed E-state index contributed by atoms with van der Waals surface area (Å²) in [7, 11) is 0. The van der Waals surface area contributed by atoms with Gasteiger partial charge in [-0.1, -0.05) is 24.3 Å². The fourth-order valence-corrected chi connectivity index (χ4v) is 4.61. The van der Waals surface area contributed by atoms with Crippen molar-refractivity contribution in [2.24, 2.45) is 0 Å². The van der Waals surface area contributed by atoms with Gasteiger partial charge in [0.15, 0.2) is 5.82 Å². The van der Waals surface area contributed by atoms with E-state index in [0.29, 0.717) is 25.2 Å². The normalized spacial score (nSPS) is 16.9. The SMILES string of the molecule is CCN1CCCN(C(=O)Nc2cccc(C3(C(F)(F)F)NN3)c2)c2nc(-c3cccc(C(F)(F)F)c3)ccc21. The Morgan fingerprint density at radius 1 is 1.00 bits per heavy atom. The van der Waals surface area contributed by atoms with Crippen LogP contribution in [-0.2, 0) is 11.8 Å². The monoisotopic (exact) mass is 550 g/mol. The number of hydrazine groups is 1. The van der Waals surface area contributed by atoms with E-state index in [1.165, 1.54) is 41.3 Å². The molecule has 13 heteroatoms. The minimum absolute atomic E-state index is 0.119. The third-order valence-corrected chi connectivity index (χ3v) is 6.72. The molecule has 39 heavy (non-hydrogen) atoms. The van der Waals surface area contributed by atoms with Crippen molar-refractivity contribution >= 4 is 23.2 Å². The standard InChI is InChI=1S/C26H24F6N6O/c1-2-37-12-5-13-38(23(39)33-19-9-4-7-17(15-19)24(35-36-24)26(30,31)32)22-21(37)11-10-20(34-22)16-6-3-8-18(14-16)25(27,28)29/h3-4,6-11,14-15,35-36H,2,5,12-13H2,1H3,(H,33,39). The molecule has 1 aromatic heterocycles. The number of anilines is 3. The van der Waals surface area contributed by atoms with Crippen LogP contribution in [0, 0.1) is 0 Å². The van der Waals surface area contributed by atoms with Gasteiger partial charge in [0.05, 0.1) is 16.9 Å². The van der Waals surface area contributed by atoms with Crippen LogP contribution in [0.2, 0.25) is 0 Å². The lowest BCUT2D eigenvalue weighted by Gasteiger charge is -2.26. The fraction of sp³-hybridized carbons (Fsp3) is 0.308. The molecule has 0 radical (unpaired) electrons. The molecule has 2 aliphatic heterocycles. The highest BCUT2D eigenvalue weighted by molar-refractivity contribution is 6.03. The Kier molecular flexibility index (Phi) is 6.67. The van der Waals surface area contributed by atoms with E-state index in [2.05, 4.69) is 21.2 Å². The van der Waals surface area contributed by atoms with Gasteiger partial charge in [-0.2, -0.15) is 26.3 Å². The summed E-state index contributed by atoms with van der Waals surface area (Å²) in [4.78, 5) is 21.4. The number of alkyl halides is 6. The molecule has 0 saturated carbocycles. The number of pyridine rings is 1. The maximum absolute atomic E-state index is 13.5. The highest BCUT2D eigenvalue weighted by Gasteiger charge is 2.65. The topological polar surface area (TPSA) is 92.3 Å². The first-order valence-corrected chi connectivity index (χ1v) is 12.2. The molecule has 3 aromatic rings. The molecular weight excluding hydrogens is 526 g/mol. The summed E-state index contributed by atoms with van der Waals surface area (Å²) in [6.45, 7) is 3.39. The van der Waals surface area contributed by atoms with Crippen LogP contribution in [0.3, 0.4) is 0 Å². The number of hydrogen-bond acceptors (Lipinski definition) is 5. The largest absolute Gasteiger partial charge is 0.426 e. The lowest BCUT2D eigenvalue weighted by atomic mass is 10.0. The maximum Gasteiger partial charge on any atom is 0.426 e. The number of urea groups is 1. The predicted octanol–water partition coefficient (Wildman–Crippen LogP) is 5.86. The van der Waals surface area contributed by atoms with Crippen LogP contribution in [0.25, 0.3) is 11.3 Å². The first kappa shape index (κ1) is 26.8. The number of carbonyl (C=O) groups excluding carboxylic acids is 1. The average molecular weight is 551 g/mol. The quantitative estimate of drug-likeness (QED) is 0.280. The maximum atomic E-state index is 13.5. The zero-order valence-electron chi connectivity index (χ0n) is 20.6. The summed E-state index contributed by atoms with van der Waals surface area (Å²) in [5.41, 5.74) is 2.18. The van der Waals surface area contributed by atoms with Gasteiger partial charge in [-0.25, -0.2) is 20.6 Å². The van der Waals surface area contributed by atoms with Crippen LogP contribution in [0.1, 0.15) is 24.5 Å². The summed E-state index contributed by atoms with van der Waals surface area (Å²) in [6.07, 6.45) is -8.56. The molecule has 1 fully saturated rings. The van der Waals surface area contributed by atoms with Crippen molar-refractivity contribution in [3.05, 3.63) is 71.8 Å². The summed E-state index contributed by atoms with van der Waals surface area (Å²) in [6, 6.07) is 12.8. The number of halogens is 6. The molecule has 2 aromatic carbocycles. The van der Waals surface area contributed by atoms with Crippen molar-refractivity contribution in [3.63, 3.8) is 0 Å². The van der Waals surface area contributed by atoms with Gasteiger partial charge in [-0.3, -0.25) is 4.90 Å². The third-order valence-electron chi connectivity index (χ3n) is 6.72. The van der Waals surface area contributed by atoms with Crippen LogP contribution in [0.4, 0.5) is 48.3 Å². The molecule has 1 saturated heterocycles. The number of carbonyl (C=O) groups is 1. The Balaban J connectivity index is 1.48. The Morgan fingerprint density at radius 2 is 1.74 bits per heavy atom. The van der Waals surface area contributed by atoms with Gasteiger partial charge in [0.2, 0.25) is 5.66 Å². The highest BCUT2D eigenvalue weighted by Crippen LogP contribution is 2.43. The second kappa shape index (κ2) is 9.72. The molecule has 3 heterocycles. The van der Waals surface area contributed by atoms with Crippen molar-refractivity contribution in [3.8, 4) is 11.3 Å². The number of nitrogens with zero attached hydrogens (tertiary/aromatic N) is 3. The molecule has 0 spiro atoms. The van der Waals surface area contributed by atoms with Gasteiger partial charge < -0.3 is 10.2 Å². The minimum atomic E-state index is -4.60. The van der Waals surface area contributed by atoms with Gasteiger partial charge in [-0.05, 0) is 49.7 Å². The molecule has 2 amide bonds. The summed E-state index contributed by atoms with van der Waals surface area (Å²) in [5, 5.41) is 2.65. The highest BCUT2D eigenvalue weighted by atomic mass is 19.4. The molecule has 206 valence electrons. The lowest BCUT2D eigenvalue weighted by Crippen LogP contribution is -2.37. The number of hydrogen-bond donors (Lipinski definition) is 3. The van der Waals surface area contributed by atoms with Crippen LogP contribution >= 0.6 is 0 Å². The molecule has 7 nitrogen and oxygen atoms in total. The number of benzene rings is 2. The molecule has 5 rings (SSSR count). The first-order chi connectivity index (χ1) is 18.4. The summed E-state index contributed by atoms with van der Waals surface area (Å²) < 4.78 is 80.4. The van der Waals surface area contributed by atoms with E-state index in [9.17, 15) is 31.1 Å². The first-order valence-electron chi connectivity index (χ1n) is 12.2. The van der Waals surface area contributed by atoms with Crippen LogP contribution < -0.4 is 26.0 Å². The molecular formula is C26H24F6N6O. The van der Waals surface area contributed by atoms with E-state index < -0.39 is 29.6 Å². The van der Waals surface area contributed by atoms with Crippen LogP contribution in [0.15, 0.2) is 60.7 Å². The second-order valence-corrected chi connectivity index (χ2v) is 9.21. The summed E-state index contributed by atoms with van der Waals surface area (Å²) in [5.74, 6) is 0.246. The van der Waals surface area contributed by atoms with E-state index >= 15 is 0 Å². The smallest absolute Gasteiger partial charge is 0.369 e. The molecule has 3 N–H and O–H groups in total. The molecule has 0 aliphatic carbocycles. The Bertz CT molecular complexity index is 1390. The number of fused-ring (bicyclic) bond motifs is 1. The third kappa shape index (κ3) is 5.11. The van der Waals surface area contributed by atoms with E-state index in [0.717, 1.165) is 12.1 Å². The minimum Gasteiger partial charge on any atom is -0.369 e. The van der Waals surface area contributed by atoms with Crippen LogP contribution in [-0.4, -0.2) is 36.8 Å². The van der Waals surface area contributed by atoms with Crippen molar-refractivity contribution in [1.82, 2.24) is 15.8 Å². The van der Waals surface area contributed by atoms with Gasteiger partial charge in [0, 0.05) is 36.4 Å². The van der Waals surface area contributed by atoms with E-state index in [-0.39, 0.29) is 34.9 Å². The van der Waals surface area contributed by atoms with Crippen LogP contribution in [0.5, 0.6) is 0 Å². The molecule has 0 unspecified atom stereocenters. The van der Waals surface area contributed by atoms with Crippen molar-refractivity contribution in [2.45, 2.75) is 31.4 Å². The Morgan fingerprint density at radius 3 is 2.41 bits per heavy atom. The Labute approximate surface area is 219 Å². The lowest BCUT2D eigenvalue weighted by molar-refractivity contribution is -0.165. The predicted molar refractivity (Wildman–Crippen MR) is 134 cm³/mol. The molecule has 2 aliphatic rings. The van der Waals surface area contributed by atoms with E-state index in [4.69, 9.17) is 0 Å². The molecule has 0 atom stereocenters. The van der Waals surface area contributed by atoms with E-state index in [1.807, 2.05) is 11.8 Å².